The van der Waals surface area contributed by atoms with Gasteiger partial charge in [-0.2, -0.15) is 0 Å². The van der Waals surface area contributed by atoms with Crippen LogP contribution in [0.25, 0.3) is 0 Å². The molecule has 0 radical (unpaired) electrons. The topological polar surface area (TPSA) is 93.6 Å². The van der Waals surface area contributed by atoms with Gasteiger partial charge in [-0.3, -0.25) is 9.59 Å². The number of aromatic nitrogens is 1. The molecule has 1 atom stereocenters. The lowest BCUT2D eigenvalue weighted by atomic mass is 9.74. The van der Waals surface area contributed by atoms with E-state index in [1.54, 1.807) is 4.90 Å². The monoisotopic (exact) mass is 308 g/mol. The van der Waals surface area contributed by atoms with Gasteiger partial charge in [0, 0.05) is 30.8 Å². The number of piperidine rings is 1. The first-order valence-corrected chi connectivity index (χ1v) is 7.69. The number of H-pyrrole nitrogens is 1. The fourth-order valence-electron chi connectivity index (χ4n) is 3.41. The maximum absolute atomic E-state index is 12.6. The molecule has 1 saturated heterocycles. The lowest BCUT2D eigenvalue weighted by Gasteiger charge is -2.43. The summed E-state index contributed by atoms with van der Waals surface area (Å²) in [5.74, 6) is -0.184. The van der Waals surface area contributed by atoms with E-state index in [-0.39, 0.29) is 29.2 Å². The molecule has 0 unspecified atom stereocenters. The van der Waals surface area contributed by atoms with Crippen molar-refractivity contribution in [3.05, 3.63) is 28.2 Å². The maximum atomic E-state index is 12.6. The van der Waals surface area contributed by atoms with Crippen molar-refractivity contribution in [1.29, 1.82) is 0 Å². The number of hydrogen-bond donors (Lipinski definition) is 3. The second-order valence-electron chi connectivity index (χ2n) is 6.68. The number of carbonyl (C=O) groups is 1. The van der Waals surface area contributed by atoms with Crippen LogP contribution in [-0.4, -0.2) is 45.7 Å². The summed E-state index contributed by atoms with van der Waals surface area (Å²) in [6, 6.07) is 1.00. The molecule has 3 N–H and O–H groups in total. The largest absolute Gasteiger partial charge is 0.507 e. The highest BCUT2D eigenvalue weighted by Crippen LogP contribution is 2.36. The van der Waals surface area contributed by atoms with Gasteiger partial charge in [-0.1, -0.05) is 13.8 Å². The summed E-state index contributed by atoms with van der Waals surface area (Å²) in [5.41, 5.74) is -0.630. The second kappa shape index (κ2) is 6.52. The van der Waals surface area contributed by atoms with E-state index >= 15 is 0 Å². The predicted molar refractivity (Wildman–Crippen MR) is 82.8 cm³/mol. The summed E-state index contributed by atoms with van der Waals surface area (Å²) in [6.07, 6.45) is 3.81. The number of aliphatic hydroxyl groups excluding tert-OH is 1. The Hall–Kier alpha value is -1.82. The Bertz CT molecular complexity index is 596. The van der Waals surface area contributed by atoms with E-state index in [1.165, 1.54) is 6.20 Å². The first-order valence-electron chi connectivity index (χ1n) is 7.69. The number of aliphatic hydroxyl groups is 1. The smallest absolute Gasteiger partial charge is 0.259 e. The molecule has 1 aromatic heterocycles. The third-order valence-electron chi connectivity index (χ3n) is 4.26. The Labute approximate surface area is 129 Å². The molecule has 6 nitrogen and oxygen atoms in total. The van der Waals surface area contributed by atoms with Gasteiger partial charge in [-0.25, -0.2) is 0 Å². The number of aromatic amines is 1. The minimum Gasteiger partial charge on any atom is -0.507 e. The van der Waals surface area contributed by atoms with E-state index in [4.69, 9.17) is 0 Å². The van der Waals surface area contributed by atoms with Crippen LogP contribution in [0.15, 0.2) is 17.1 Å². The summed E-state index contributed by atoms with van der Waals surface area (Å²) in [5, 5.41) is 19.6. The zero-order valence-electron chi connectivity index (χ0n) is 13.1. The molecule has 0 aromatic carbocycles. The van der Waals surface area contributed by atoms with Crippen LogP contribution in [0.2, 0.25) is 0 Å². The van der Waals surface area contributed by atoms with Crippen molar-refractivity contribution in [1.82, 2.24) is 9.88 Å². The predicted octanol–water partition coefficient (Wildman–Crippen LogP) is 1.34. The van der Waals surface area contributed by atoms with Gasteiger partial charge in [0.05, 0.1) is 12.2 Å². The van der Waals surface area contributed by atoms with E-state index in [1.807, 2.05) is 0 Å². The van der Waals surface area contributed by atoms with Crippen LogP contribution in [0.1, 0.15) is 43.5 Å². The normalized spacial score (nSPS) is 22.1. The van der Waals surface area contributed by atoms with Crippen LogP contribution in [0.4, 0.5) is 0 Å². The quantitative estimate of drug-likeness (QED) is 0.782. The van der Waals surface area contributed by atoms with Gasteiger partial charge in [-0.15, -0.1) is 0 Å². The Morgan fingerprint density at radius 1 is 1.50 bits per heavy atom. The number of rotatable bonds is 4. The first-order chi connectivity index (χ1) is 10.4. The number of likely N-dealkylation sites (tertiary alicyclic amines) is 1. The van der Waals surface area contributed by atoms with E-state index in [0.29, 0.717) is 19.0 Å². The Morgan fingerprint density at radius 2 is 2.23 bits per heavy atom. The molecule has 1 fully saturated rings. The van der Waals surface area contributed by atoms with Crippen molar-refractivity contribution in [2.45, 2.75) is 33.1 Å². The van der Waals surface area contributed by atoms with E-state index in [0.717, 1.165) is 25.3 Å². The van der Waals surface area contributed by atoms with E-state index < -0.39 is 5.56 Å². The zero-order chi connectivity index (χ0) is 16.3. The molecule has 1 aliphatic heterocycles. The lowest BCUT2D eigenvalue weighted by molar-refractivity contribution is 0.0158. The minimum atomic E-state index is -0.447. The average Bonchev–Trinajstić information content (AvgIpc) is 2.46. The Kier molecular flexibility index (Phi) is 4.90. The van der Waals surface area contributed by atoms with Crippen molar-refractivity contribution < 1.29 is 15.0 Å². The summed E-state index contributed by atoms with van der Waals surface area (Å²) >= 11 is 0. The molecular weight excluding hydrogens is 284 g/mol. The van der Waals surface area contributed by atoms with Crippen LogP contribution < -0.4 is 5.56 Å². The van der Waals surface area contributed by atoms with Crippen molar-refractivity contribution in [2.75, 3.05) is 19.7 Å². The van der Waals surface area contributed by atoms with Gasteiger partial charge in [-0.05, 0) is 25.2 Å². The summed E-state index contributed by atoms with van der Waals surface area (Å²) in [4.78, 5) is 27.8. The molecule has 0 bridgehead atoms. The van der Waals surface area contributed by atoms with Crippen LogP contribution in [-0.2, 0) is 0 Å². The highest BCUT2D eigenvalue weighted by Gasteiger charge is 2.37. The van der Waals surface area contributed by atoms with Gasteiger partial charge < -0.3 is 20.1 Å². The zero-order valence-corrected chi connectivity index (χ0v) is 13.1. The Morgan fingerprint density at radius 3 is 2.82 bits per heavy atom. The fraction of sp³-hybridized carbons (Fsp3) is 0.625. The number of aromatic hydroxyl groups is 1. The lowest BCUT2D eigenvalue weighted by Crippen LogP contribution is -2.48. The number of nitrogens with zero attached hydrogens (tertiary/aromatic N) is 1. The summed E-state index contributed by atoms with van der Waals surface area (Å²) in [7, 11) is 0. The summed E-state index contributed by atoms with van der Waals surface area (Å²) < 4.78 is 0. The first kappa shape index (κ1) is 16.5. The van der Waals surface area contributed by atoms with Crippen molar-refractivity contribution in [2.24, 2.45) is 11.3 Å². The van der Waals surface area contributed by atoms with Gasteiger partial charge >= 0.3 is 0 Å². The van der Waals surface area contributed by atoms with Crippen molar-refractivity contribution in [3.63, 3.8) is 0 Å². The maximum Gasteiger partial charge on any atom is 0.259 e. The van der Waals surface area contributed by atoms with Gasteiger partial charge in [0.2, 0.25) is 0 Å². The fourth-order valence-corrected chi connectivity index (χ4v) is 3.41. The number of carbonyl (C=O) groups excluding carboxylic acids is 1. The highest BCUT2D eigenvalue weighted by molar-refractivity contribution is 5.96. The molecule has 6 heteroatoms. The number of amides is 1. The number of pyridine rings is 1. The SMILES string of the molecule is CC(C)C[C@]1(CO)CCCN(C(=O)c2c[nH]c(=O)cc2O)C1. The molecule has 2 rings (SSSR count). The van der Waals surface area contributed by atoms with Gasteiger partial charge in [0.15, 0.2) is 0 Å². The minimum absolute atomic E-state index is 0.0482. The molecule has 2 heterocycles. The summed E-state index contributed by atoms with van der Waals surface area (Å²) in [6.45, 7) is 5.32. The molecule has 122 valence electrons. The second-order valence-corrected chi connectivity index (χ2v) is 6.68. The molecule has 0 aliphatic carbocycles. The van der Waals surface area contributed by atoms with Crippen molar-refractivity contribution in [3.8, 4) is 5.75 Å². The van der Waals surface area contributed by atoms with Crippen molar-refractivity contribution >= 4 is 5.91 Å². The van der Waals surface area contributed by atoms with E-state index in [9.17, 15) is 19.8 Å². The molecule has 1 amide bonds. The molecule has 1 aromatic rings. The molecule has 1 aliphatic rings. The molecule has 0 spiro atoms. The number of hydrogen-bond acceptors (Lipinski definition) is 4. The van der Waals surface area contributed by atoms with Gasteiger partial charge in [0.25, 0.3) is 11.5 Å². The molecule has 22 heavy (non-hydrogen) atoms. The standard InChI is InChI=1S/C16H24N2O4/c1-11(2)7-16(10-19)4-3-5-18(9-16)15(22)12-8-17-14(21)6-13(12)20/h6,8,11,19H,3-5,7,9-10H2,1-2H3,(H2,17,20,21)/t16-/m1/s1. The Balaban J connectivity index is 2.21. The van der Waals surface area contributed by atoms with E-state index in [2.05, 4.69) is 18.8 Å². The third-order valence-corrected chi connectivity index (χ3v) is 4.26. The molecule has 0 saturated carbocycles. The van der Waals surface area contributed by atoms with Crippen LogP contribution >= 0.6 is 0 Å². The third kappa shape index (κ3) is 3.50. The van der Waals surface area contributed by atoms with Gasteiger partial charge in [0.1, 0.15) is 5.75 Å². The molecular formula is C16H24N2O4. The number of nitrogens with one attached hydrogen (secondary N) is 1. The highest BCUT2D eigenvalue weighted by atomic mass is 16.3. The van der Waals surface area contributed by atoms with Crippen LogP contribution in [0.5, 0.6) is 5.75 Å². The average molecular weight is 308 g/mol. The van der Waals surface area contributed by atoms with Crippen LogP contribution in [0.3, 0.4) is 0 Å². The van der Waals surface area contributed by atoms with Crippen LogP contribution in [0, 0.1) is 11.3 Å².